The number of rotatable bonds is 12. The van der Waals surface area contributed by atoms with E-state index in [1.54, 1.807) is 97.5 Å². The lowest BCUT2D eigenvalue weighted by Crippen LogP contribution is -2.61. The molecule has 0 aromatic carbocycles. The lowest BCUT2D eigenvalue weighted by atomic mass is 9.80. The zero-order valence-corrected chi connectivity index (χ0v) is 102. The van der Waals surface area contributed by atoms with Crippen molar-refractivity contribution in [3.8, 4) is 0 Å². The number of hydrogen-bond donors (Lipinski definition) is 12. The van der Waals surface area contributed by atoms with E-state index in [0.29, 0.717) is 90.4 Å². The summed E-state index contributed by atoms with van der Waals surface area (Å²) in [6.45, 7) is 75.0. The molecule has 0 aliphatic carbocycles. The Hall–Kier alpha value is -3.81. The summed E-state index contributed by atoms with van der Waals surface area (Å²) in [6.07, 6.45) is -7.84. The van der Waals surface area contributed by atoms with Crippen LogP contribution in [0.5, 0.6) is 0 Å². The van der Waals surface area contributed by atoms with Crippen molar-refractivity contribution in [1.82, 2.24) is 19.6 Å². The van der Waals surface area contributed by atoms with Gasteiger partial charge in [0.05, 0.1) is 75.9 Å². The minimum atomic E-state index is -2.88. The third-order valence-corrected chi connectivity index (χ3v) is 32.8. The number of likely N-dealkylation sites (N-methyl/N-ethyl adjacent to an activating group) is 4. The molecule has 0 unspecified atom stereocenters. The maximum absolute atomic E-state index is 15.4. The summed E-state index contributed by atoms with van der Waals surface area (Å²) in [4.78, 5) is 86.3. The van der Waals surface area contributed by atoms with E-state index in [0.717, 1.165) is 13.3 Å². The highest BCUT2D eigenvalue weighted by molar-refractivity contribution is 6.07. The van der Waals surface area contributed by atoms with E-state index in [4.69, 9.17) is 62.6 Å². The maximum atomic E-state index is 15.4. The van der Waals surface area contributed by atoms with Crippen LogP contribution in [0.15, 0.2) is 0 Å². The van der Waals surface area contributed by atoms with Crippen LogP contribution in [-0.4, -0.2) is 378 Å². The number of ether oxygens (including phenoxy) is 12. The molecule has 0 bridgehead atoms. The van der Waals surface area contributed by atoms with Crippen LogP contribution in [0.3, 0.4) is 0 Å². The molecule has 886 valence electrons. The van der Waals surface area contributed by atoms with Crippen LogP contribution < -0.4 is 5.73 Å². The first-order chi connectivity index (χ1) is 68.3. The molecule has 0 amide bonds. The van der Waals surface area contributed by atoms with E-state index in [-0.39, 0.29) is 84.7 Å². The van der Waals surface area contributed by atoms with Gasteiger partial charge in [0.2, 0.25) is 0 Å². The topological polar surface area (TPSA) is 475 Å². The number of cyclic esters (lactones) is 4. The van der Waals surface area contributed by atoms with Gasteiger partial charge in [0.25, 0.3) is 5.67 Å². The molecule has 6 saturated heterocycles. The van der Waals surface area contributed by atoms with Gasteiger partial charge in [-0.2, -0.15) is 0 Å². The van der Waals surface area contributed by atoms with Crippen molar-refractivity contribution in [3.63, 3.8) is 0 Å². The number of nitrogens with two attached hydrogens (primary N) is 1. The highest BCUT2D eigenvalue weighted by Gasteiger charge is 2.57. The fourth-order valence-corrected chi connectivity index (χ4v) is 23.2. The third kappa shape index (κ3) is 41.1. The van der Waals surface area contributed by atoms with Gasteiger partial charge >= 0.3 is 23.9 Å². The van der Waals surface area contributed by atoms with Crippen LogP contribution in [0.2, 0.25) is 0 Å². The SMILES string of the molecule is CC.CC.CC.CC.CC[C@H]1OC(=O)[C@@](C)(F)C(=O)[C@H](C)C[C@](C)(OC)C[C@@H](C)CN(C)[C@H](C)[C@@H](O)[C@]1(C)O.CC[C@H]1OC(=O)[C@H](C)C(=O)[C@H](C)C[C@](C)(OC)C[C@@H](C)CN(C)[C@H](C)[C@@H](O)[C@]1(C)O.CC[C@H]1OC(=O)[C@H](C)[C@@H](O[C@H]2C[C@@](C)(OC)[C@@H](N)[C@H](C)O2)[C@H](C)C[C@](C)(O)C[C@@H](C)CN(C)[C@H](C)[C@@H](O)[C@]1(C)O.CC[C@H]1OC(=O)[C@H](C)[C@@H](O[C@H]2C[C@@](C)(OC)[C@@H](O)[C@H](C)O2)[C@H](C)C[C@](C)(O)C[C@@H](C)CN(C)[C@H](C)[C@@H](O)[C@]1(C)O. The fourth-order valence-electron chi connectivity index (χ4n) is 23.2. The third-order valence-electron chi connectivity index (χ3n) is 32.8. The Kier molecular flexibility index (Phi) is 63.1. The average molecular weight is 2150 g/mol. The number of alkyl halides is 1. The second-order valence-corrected chi connectivity index (χ2v) is 47.0. The summed E-state index contributed by atoms with van der Waals surface area (Å²) in [5.74, 6) is -7.88. The van der Waals surface area contributed by atoms with Crippen LogP contribution >= 0.6 is 0 Å². The lowest BCUT2D eigenvalue weighted by Gasteiger charge is -2.46. The number of hydrogen-bond acceptors (Lipinski definition) is 34. The number of esters is 4. The number of nitrogens with zero attached hydrogens (tertiary/aromatic N) is 4. The molecule has 0 saturated carbocycles. The van der Waals surface area contributed by atoms with Gasteiger partial charge in [-0.05, 0) is 279 Å². The van der Waals surface area contributed by atoms with Crippen molar-refractivity contribution in [2.24, 2.45) is 70.8 Å². The highest BCUT2D eigenvalue weighted by Crippen LogP contribution is 2.44. The number of Topliss-reactive ketones (excluding diaryl/α,β-unsaturated/α-hetero) is 2. The van der Waals surface area contributed by atoms with Crippen LogP contribution in [-0.2, 0) is 85.6 Å². The number of carbonyl (C=O) groups excluding carboxylic acids is 6. The standard InChI is InChI=1S/C30H58N2O8.C30H57NO9.C23H42FNO6.C23H43NO6.4C2H6/c1-12-22-30(9,36)26(33)20(5)32(10)16-17(2)13-28(7,35)14-18(3)24(19(4)27(34)39-22)40-23-15-29(8,37-11)25(31)21(6)38-23;1-12-22-30(9,36)25(32)20(5)31(10)16-17(2)13-28(7,35)14-18(3)24(19(4)27(34)39-22)40-23-15-29(8,37-11)26(33)21(6)38-23;1-10-17-23(7,29)19(27)16(4)25(8)13-14(2)11-21(5,30-9)12-15(3)18(26)22(6,24)20(28)31-17;1-10-18-23(7,28)20(26)17(5)24(8)13-14(2)11-22(6,29-9)12-15(3)19(25)16(4)21(27)30-18;4*1-2/h17-26,33,35-36H,12-16,31H2,1-11H3;17-26,32-33,35-36H,12-16H2,1-11H3;14-17,19,27,29H,10-13H2,1-9H3;14-18,20,26,28H,10-13H2,1-9H3;4*1-2H3/t17-,18-,19-,20-,21+,22-,23+,24+,25+,26-,28-,29-,30-;17-,18-,19-,20-,21+,22-,23+,24+,25-,26+,28-,29-,30-;14-,15-,16-,17-,19-,21-,22+,23-;14-,15-,16-,17-,18-,20-,22-,23-;;;;/m1111..../s1. The summed E-state index contributed by atoms with van der Waals surface area (Å²) in [7, 11) is 13.9. The number of aliphatic hydroxyl groups is 11. The molecule has 149 heavy (non-hydrogen) atoms. The number of aliphatic hydroxyl groups excluding tert-OH is 5. The Morgan fingerprint density at radius 1 is 0.356 bits per heavy atom. The second kappa shape index (κ2) is 63.8. The number of halogens is 1. The Morgan fingerprint density at radius 2 is 0.624 bits per heavy atom. The quantitative estimate of drug-likeness (QED) is 0.0490. The summed E-state index contributed by atoms with van der Waals surface area (Å²) in [5.41, 5.74) is -8.28. The van der Waals surface area contributed by atoms with Crippen molar-refractivity contribution in [3.05, 3.63) is 0 Å². The molecule has 0 aromatic rings. The van der Waals surface area contributed by atoms with Gasteiger partial charge in [0.15, 0.2) is 18.4 Å². The van der Waals surface area contributed by atoms with Crippen molar-refractivity contribution >= 4 is 35.4 Å². The summed E-state index contributed by atoms with van der Waals surface area (Å²) < 4.78 is 86.0. The molecular formula is C114H224FN5O29. The van der Waals surface area contributed by atoms with Crippen LogP contribution in [0.4, 0.5) is 4.39 Å². The van der Waals surface area contributed by atoms with Gasteiger partial charge in [0.1, 0.15) is 89.0 Å². The molecular weight excluding hydrogens is 1920 g/mol. The Labute approximate surface area is 901 Å². The van der Waals surface area contributed by atoms with Gasteiger partial charge in [-0.15, -0.1) is 0 Å². The molecule has 6 heterocycles. The second-order valence-electron chi connectivity index (χ2n) is 47.0. The predicted molar refractivity (Wildman–Crippen MR) is 583 cm³/mol. The van der Waals surface area contributed by atoms with E-state index >= 15 is 4.39 Å². The molecule has 42 atom stereocenters. The van der Waals surface area contributed by atoms with Crippen molar-refractivity contribution in [2.75, 3.05) is 82.8 Å². The molecule has 13 N–H and O–H groups in total. The van der Waals surface area contributed by atoms with Gasteiger partial charge < -0.3 is 138 Å². The first-order valence-electron chi connectivity index (χ1n) is 56.0. The minimum Gasteiger partial charge on any atom is -0.459 e. The molecule has 6 fully saturated rings. The van der Waals surface area contributed by atoms with Crippen LogP contribution in [0, 0.1) is 65.1 Å². The molecule has 6 aliphatic heterocycles. The van der Waals surface area contributed by atoms with Gasteiger partial charge in [-0.25, -0.2) is 9.18 Å². The Bertz CT molecular complexity index is 3700. The molecule has 0 spiro atoms. The zero-order chi connectivity index (χ0) is 117. The molecule has 0 aromatic heterocycles. The van der Waals surface area contributed by atoms with Crippen molar-refractivity contribution in [2.45, 2.75) is 551 Å². The fraction of sp³-hybridized carbons (Fsp3) is 0.947. The van der Waals surface area contributed by atoms with E-state index in [2.05, 4.69) is 20.8 Å². The zero-order valence-electron chi connectivity index (χ0n) is 102. The van der Waals surface area contributed by atoms with E-state index in [1.807, 2.05) is 193 Å². The molecule has 6 aliphatic rings. The first kappa shape index (κ1) is 147. The van der Waals surface area contributed by atoms with E-state index in [1.165, 1.54) is 34.8 Å². The first-order valence-corrected chi connectivity index (χ1v) is 56.0. The van der Waals surface area contributed by atoms with Gasteiger partial charge in [0, 0.05) is 103 Å². The monoisotopic (exact) mass is 2150 g/mol. The summed E-state index contributed by atoms with van der Waals surface area (Å²) in [6, 6.07) is -2.04. The Morgan fingerprint density at radius 3 is 0.913 bits per heavy atom. The lowest BCUT2D eigenvalue weighted by molar-refractivity contribution is -0.296. The summed E-state index contributed by atoms with van der Waals surface area (Å²) >= 11 is 0. The minimum absolute atomic E-state index is 0.0833. The number of methoxy groups -OCH3 is 4. The van der Waals surface area contributed by atoms with Crippen molar-refractivity contribution in [1.29, 1.82) is 0 Å². The Balaban J connectivity index is 0. The molecule has 0 radical (unpaired) electrons. The molecule has 6 rings (SSSR count). The number of ketones is 2. The predicted octanol–water partition coefficient (Wildman–Crippen LogP) is 14.0. The maximum Gasteiger partial charge on any atom is 0.351 e. The summed E-state index contributed by atoms with van der Waals surface area (Å²) in [5, 5.41) is 123. The highest BCUT2D eigenvalue weighted by atomic mass is 19.1. The number of carbonyl (C=O) groups is 6. The van der Waals surface area contributed by atoms with Crippen LogP contribution in [0.25, 0.3) is 0 Å². The van der Waals surface area contributed by atoms with Gasteiger partial charge in [-0.1, -0.05) is 138 Å². The molecule has 34 nitrogen and oxygen atoms in total. The largest absolute Gasteiger partial charge is 0.459 e. The normalized spacial score (nSPS) is 44.7. The smallest absolute Gasteiger partial charge is 0.351 e. The van der Waals surface area contributed by atoms with E-state index in [9.17, 15) is 84.9 Å². The average Bonchev–Trinajstić information content (AvgIpc) is 1.77. The molecule has 35 heteroatoms. The van der Waals surface area contributed by atoms with E-state index < -0.39 is 219 Å². The van der Waals surface area contributed by atoms with Crippen molar-refractivity contribution < 1.29 is 146 Å². The van der Waals surface area contributed by atoms with Crippen LogP contribution in [0.1, 0.15) is 367 Å². The van der Waals surface area contributed by atoms with Gasteiger partial charge in [-0.3, -0.25) is 24.0 Å².